The molecule has 0 saturated carbocycles. The maximum atomic E-state index is 12.5. The summed E-state index contributed by atoms with van der Waals surface area (Å²) in [6, 6.07) is 5.49. The Morgan fingerprint density at radius 3 is 2.54 bits per heavy atom. The van der Waals surface area contributed by atoms with Gasteiger partial charge in [-0.25, -0.2) is 4.39 Å². The van der Waals surface area contributed by atoms with E-state index in [1.807, 2.05) is 6.19 Å². The Labute approximate surface area is 80.4 Å². The number of hydrogen-bond donors (Lipinski definition) is 1. The Kier molecular flexibility index (Phi) is 3.17. The van der Waals surface area contributed by atoms with Gasteiger partial charge in [-0.1, -0.05) is 12.2 Å². The zero-order valence-electron chi connectivity index (χ0n) is 6.57. The van der Waals surface area contributed by atoms with Gasteiger partial charge >= 0.3 is 0 Å². The number of anilines is 1. The van der Waals surface area contributed by atoms with Crippen LogP contribution in [-0.2, 0) is 0 Å². The van der Waals surface area contributed by atoms with Gasteiger partial charge in [0.05, 0.1) is 11.2 Å². The van der Waals surface area contributed by atoms with Crippen molar-refractivity contribution >= 4 is 23.4 Å². The average molecular weight is 195 g/mol. The van der Waals surface area contributed by atoms with Crippen molar-refractivity contribution in [2.24, 2.45) is 0 Å². The molecule has 0 saturated heterocycles. The van der Waals surface area contributed by atoms with Crippen LogP contribution in [0, 0.1) is 17.3 Å². The molecule has 5 heteroatoms. The van der Waals surface area contributed by atoms with Gasteiger partial charge in [0.1, 0.15) is 5.82 Å². The highest BCUT2D eigenvalue weighted by Gasteiger charge is 2.01. The van der Waals surface area contributed by atoms with E-state index in [-0.39, 0.29) is 5.82 Å². The normalized spacial score (nSPS) is 8.62. The molecule has 0 aromatic heterocycles. The summed E-state index contributed by atoms with van der Waals surface area (Å²) in [7, 11) is 0. The molecular weight excluding hydrogens is 189 g/mol. The summed E-state index contributed by atoms with van der Waals surface area (Å²) in [5.74, 6) is -0.344. The van der Waals surface area contributed by atoms with Crippen LogP contribution in [0.15, 0.2) is 24.3 Å². The van der Waals surface area contributed by atoms with Crippen molar-refractivity contribution in [1.82, 2.24) is 5.43 Å². The van der Waals surface area contributed by atoms with E-state index in [1.165, 1.54) is 29.8 Å². The van der Waals surface area contributed by atoms with Crippen LogP contribution in [0.25, 0.3) is 0 Å². The van der Waals surface area contributed by atoms with Crippen LogP contribution in [0.5, 0.6) is 0 Å². The second-order valence-electron chi connectivity index (χ2n) is 2.16. The van der Waals surface area contributed by atoms with Crippen molar-refractivity contribution in [2.75, 3.05) is 5.01 Å². The minimum absolute atomic E-state index is 0.344. The lowest BCUT2D eigenvalue weighted by atomic mass is 10.3. The van der Waals surface area contributed by atoms with Gasteiger partial charge in [0.15, 0.2) is 0 Å². The summed E-state index contributed by atoms with van der Waals surface area (Å²) >= 11 is 4.52. The SMILES string of the molecule is N#CN(NC=S)c1ccc(F)cc1. The van der Waals surface area contributed by atoms with Crippen LogP contribution < -0.4 is 10.4 Å². The zero-order valence-corrected chi connectivity index (χ0v) is 7.38. The van der Waals surface area contributed by atoms with Gasteiger partial charge in [0.2, 0.25) is 6.19 Å². The van der Waals surface area contributed by atoms with Crippen LogP contribution in [0.2, 0.25) is 0 Å². The van der Waals surface area contributed by atoms with E-state index in [4.69, 9.17) is 5.26 Å². The highest BCUT2D eigenvalue weighted by atomic mass is 32.1. The molecule has 0 amide bonds. The maximum absolute atomic E-state index is 12.5. The second kappa shape index (κ2) is 4.38. The Balaban J connectivity index is 2.87. The molecule has 1 rings (SSSR count). The van der Waals surface area contributed by atoms with Crippen LogP contribution in [0.4, 0.5) is 10.1 Å². The Morgan fingerprint density at radius 2 is 2.08 bits per heavy atom. The minimum Gasteiger partial charge on any atom is -0.281 e. The number of nitrogens with zero attached hydrogens (tertiary/aromatic N) is 2. The number of halogens is 1. The average Bonchev–Trinajstić information content (AvgIpc) is 2.16. The van der Waals surface area contributed by atoms with E-state index in [9.17, 15) is 4.39 Å². The number of hydrogen-bond acceptors (Lipinski definition) is 3. The quantitative estimate of drug-likeness (QED) is 0.344. The van der Waals surface area contributed by atoms with E-state index in [0.29, 0.717) is 5.69 Å². The molecule has 0 aliphatic heterocycles. The molecule has 3 nitrogen and oxygen atoms in total. The van der Waals surface area contributed by atoms with Gasteiger partial charge in [-0.2, -0.15) is 10.3 Å². The number of benzene rings is 1. The molecule has 1 aromatic carbocycles. The van der Waals surface area contributed by atoms with Gasteiger partial charge < -0.3 is 0 Å². The second-order valence-corrected chi connectivity index (χ2v) is 2.39. The topological polar surface area (TPSA) is 39.1 Å². The van der Waals surface area contributed by atoms with E-state index in [0.717, 1.165) is 5.01 Å². The summed E-state index contributed by atoms with van der Waals surface area (Å²) in [6.07, 6.45) is 1.84. The predicted molar refractivity (Wildman–Crippen MR) is 51.3 cm³/mol. The largest absolute Gasteiger partial charge is 0.281 e. The van der Waals surface area contributed by atoms with Crippen molar-refractivity contribution in [2.45, 2.75) is 0 Å². The smallest absolute Gasteiger partial charge is 0.205 e. The molecule has 66 valence electrons. The summed E-state index contributed by atoms with van der Waals surface area (Å²) in [5, 5.41) is 9.76. The lowest BCUT2D eigenvalue weighted by Crippen LogP contribution is -2.31. The first kappa shape index (κ1) is 9.42. The zero-order chi connectivity index (χ0) is 9.68. The summed E-state index contributed by atoms with van der Waals surface area (Å²) in [5.41, 5.74) is 4.24. The third-order valence-electron chi connectivity index (χ3n) is 1.37. The molecular formula is C8H6FN3S. The first-order chi connectivity index (χ1) is 6.27. The van der Waals surface area contributed by atoms with Gasteiger partial charge in [-0.15, -0.1) is 0 Å². The molecule has 0 atom stereocenters. The molecule has 0 spiro atoms. The predicted octanol–water partition coefficient (Wildman–Crippen LogP) is 1.57. The Hall–Kier alpha value is -1.67. The van der Waals surface area contributed by atoms with E-state index >= 15 is 0 Å². The van der Waals surface area contributed by atoms with E-state index in [2.05, 4.69) is 17.6 Å². The summed E-state index contributed by atoms with van der Waals surface area (Å²) in [6.45, 7) is 0. The standard InChI is InChI=1S/C8H6FN3S/c9-7-1-3-8(4-2-7)12(5-10)11-6-13/h1-4,6H,(H,11,13). The summed E-state index contributed by atoms with van der Waals surface area (Å²) < 4.78 is 12.5. The van der Waals surface area contributed by atoms with E-state index in [1.54, 1.807) is 0 Å². The number of thiocarbonyl (C=S) groups is 1. The third kappa shape index (κ3) is 2.39. The number of nitrogens with one attached hydrogen (secondary N) is 1. The van der Waals surface area contributed by atoms with Crippen LogP contribution in [-0.4, -0.2) is 5.49 Å². The molecule has 0 heterocycles. The van der Waals surface area contributed by atoms with Gasteiger partial charge in [-0.3, -0.25) is 5.43 Å². The maximum Gasteiger partial charge on any atom is 0.205 e. The van der Waals surface area contributed by atoms with Gasteiger partial charge in [0.25, 0.3) is 0 Å². The fourth-order valence-corrected chi connectivity index (χ4v) is 0.909. The Morgan fingerprint density at radius 1 is 1.46 bits per heavy atom. The molecule has 1 N–H and O–H groups in total. The van der Waals surface area contributed by atoms with Crippen LogP contribution in [0.1, 0.15) is 0 Å². The van der Waals surface area contributed by atoms with Crippen molar-refractivity contribution < 1.29 is 4.39 Å². The fourth-order valence-electron chi connectivity index (χ4n) is 0.804. The minimum atomic E-state index is -0.344. The monoisotopic (exact) mass is 195 g/mol. The lowest BCUT2D eigenvalue weighted by Gasteiger charge is -2.13. The van der Waals surface area contributed by atoms with Gasteiger partial charge in [0, 0.05) is 0 Å². The van der Waals surface area contributed by atoms with Crippen molar-refractivity contribution in [3.05, 3.63) is 30.1 Å². The highest BCUT2D eigenvalue weighted by molar-refractivity contribution is 7.78. The number of nitriles is 1. The first-order valence-corrected chi connectivity index (χ1v) is 3.90. The molecule has 1 aromatic rings. The summed E-state index contributed by atoms with van der Waals surface area (Å²) in [4.78, 5) is 0. The molecule has 0 aliphatic carbocycles. The molecule has 0 fully saturated rings. The third-order valence-corrected chi connectivity index (χ3v) is 1.47. The first-order valence-electron chi connectivity index (χ1n) is 3.43. The van der Waals surface area contributed by atoms with Crippen molar-refractivity contribution in [1.29, 1.82) is 5.26 Å². The van der Waals surface area contributed by atoms with Crippen molar-refractivity contribution in [3.63, 3.8) is 0 Å². The van der Waals surface area contributed by atoms with Crippen LogP contribution in [0.3, 0.4) is 0 Å². The lowest BCUT2D eigenvalue weighted by molar-refractivity contribution is 0.627. The number of hydrazine groups is 1. The van der Waals surface area contributed by atoms with Crippen molar-refractivity contribution in [3.8, 4) is 6.19 Å². The Bertz CT molecular complexity index is 330. The van der Waals surface area contributed by atoms with E-state index < -0.39 is 0 Å². The van der Waals surface area contributed by atoms with Crippen LogP contribution >= 0.6 is 12.2 Å². The molecule has 0 bridgehead atoms. The fraction of sp³-hybridized carbons (Fsp3) is 0. The molecule has 0 radical (unpaired) electrons. The molecule has 0 aliphatic rings. The number of rotatable bonds is 3. The highest BCUT2D eigenvalue weighted by Crippen LogP contribution is 2.11. The molecule has 0 unspecified atom stereocenters. The molecule has 13 heavy (non-hydrogen) atoms. The van der Waals surface area contributed by atoms with Gasteiger partial charge in [-0.05, 0) is 24.3 Å².